The minimum absolute atomic E-state index is 0.115. The zero-order valence-electron chi connectivity index (χ0n) is 9.79. The van der Waals surface area contributed by atoms with Crippen LogP contribution in [0, 0.1) is 4.64 Å². The summed E-state index contributed by atoms with van der Waals surface area (Å²) in [5, 5.41) is 5.76. The Labute approximate surface area is 106 Å². The number of ether oxygens (including phenoxy) is 1. The van der Waals surface area contributed by atoms with Gasteiger partial charge in [0.05, 0.1) is 18.9 Å². The zero-order valence-corrected chi connectivity index (χ0v) is 10.6. The van der Waals surface area contributed by atoms with E-state index in [1.54, 1.807) is 18.3 Å². The molecule has 5 nitrogen and oxygen atoms in total. The Bertz CT molecular complexity index is 390. The number of morpholine rings is 1. The average molecular weight is 255 g/mol. The standard InChI is InChI=1S/C7H8N2OS.C4H9NO/c1-5(10)9-6-3-2-4-8-7(6)11;1-3-6-4-2-5-1/h2-4H,1H3,(H,8,11)(H,9,10);5H,1-4H2. The zero-order chi connectivity index (χ0) is 12.5. The molecule has 2 heterocycles. The van der Waals surface area contributed by atoms with Crippen molar-refractivity contribution in [2.75, 3.05) is 31.6 Å². The summed E-state index contributed by atoms with van der Waals surface area (Å²) in [6.45, 7) is 5.28. The topological polar surface area (TPSA) is 66.2 Å². The van der Waals surface area contributed by atoms with Crippen LogP contribution in [0.25, 0.3) is 0 Å². The van der Waals surface area contributed by atoms with Gasteiger partial charge in [0.15, 0.2) is 0 Å². The first kappa shape index (κ1) is 13.8. The molecule has 1 fully saturated rings. The van der Waals surface area contributed by atoms with E-state index in [9.17, 15) is 4.79 Å². The molecule has 1 aromatic heterocycles. The van der Waals surface area contributed by atoms with Crippen LogP contribution < -0.4 is 10.6 Å². The summed E-state index contributed by atoms with van der Waals surface area (Å²) in [6.07, 6.45) is 1.72. The lowest BCUT2D eigenvalue weighted by Crippen LogP contribution is -2.30. The normalized spacial score (nSPS) is 14.4. The molecule has 0 aliphatic carbocycles. The Hall–Kier alpha value is -1.24. The fourth-order valence-corrected chi connectivity index (χ4v) is 1.41. The molecule has 0 bridgehead atoms. The van der Waals surface area contributed by atoms with Crippen LogP contribution >= 0.6 is 12.2 Å². The van der Waals surface area contributed by atoms with Crippen LogP contribution in [0.1, 0.15) is 6.92 Å². The second kappa shape index (κ2) is 7.94. The van der Waals surface area contributed by atoms with Crippen LogP contribution in [0.5, 0.6) is 0 Å². The van der Waals surface area contributed by atoms with Gasteiger partial charge in [-0.25, -0.2) is 0 Å². The highest BCUT2D eigenvalue weighted by Crippen LogP contribution is 2.05. The van der Waals surface area contributed by atoms with E-state index >= 15 is 0 Å². The third kappa shape index (κ3) is 6.15. The van der Waals surface area contributed by atoms with E-state index in [1.807, 2.05) is 0 Å². The van der Waals surface area contributed by atoms with Gasteiger partial charge in [-0.15, -0.1) is 0 Å². The second-order valence-corrected chi connectivity index (χ2v) is 3.86. The van der Waals surface area contributed by atoms with Crippen molar-refractivity contribution in [3.8, 4) is 0 Å². The van der Waals surface area contributed by atoms with Crippen LogP contribution in [-0.2, 0) is 9.53 Å². The van der Waals surface area contributed by atoms with Gasteiger partial charge in [0.2, 0.25) is 5.91 Å². The first-order chi connectivity index (χ1) is 8.20. The van der Waals surface area contributed by atoms with Crippen molar-refractivity contribution in [3.05, 3.63) is 23.0 Å². The third-order valence-corrected chi connectivity index (χ3v) is 2.31. The number of aromatic amines is 1. The van der Waals surface area contributed by atoms with Gasteiger partial charge < -0.3 is 20.4 Å². The second-order valence-electron chi connectivity index (χ2n) is 3.46. The van der Waals surface area contributed by atoms with Gasteiger partial charge in [-0.2, -0.15) is 0 Å². The van der Waals surface area contributed by atoms with Crippen LogP contribution in [0.4, 0.5) is 5.69 Å². The predicted molar refractivity (Wildman–Crippen MR) is 69.6 cm³/mol. The summed E-state index contributed by atoms with van der Waals surface area (Å²) in [6, 6.07) is 3.53. The Morgan fingerprint density at radius 1 is 1.47 bits per heavy atom. The molecule has 0 atom stereocenters. The van der Waals surface area contributed by atoms with Crippen molar-refractivity contribution in [1.82, 2.24) is 10.3 Å². The van der Waals surface area contributed by atoms with Crippen molar-refractivity contribution in [1.29, 1.82) is 0 Å². The molecule has 1 aliphatic rings. The van der Waals surface area contributed by atoms with Crippen LogP contribution in [0.2, 0.25) is 0 Å². The van der Waals surface area contributed by atoms with E-state index < -0.39 is 0 Å². The van der Waals surface area contributed by atoms with Gasteiger partial charge in [0.1, 0.15) is 4.64 Å². The highest BCUT2D eigenvalue weighted by molar-refractivity contribution is 7.71. The fraction of sp³-hybridized carbons (Fsp3) is 0.455. The van der Waals surface area contributed by atoms with E-state index in [2.05, 4.69) is 15.6 Å². The Morgan fingerprint density at radius 2 is 2.18 bits per heavy atom. The molecular formula is C11H17N3O2S. The Morgan fingerprint density at radius 3 is 2.59 bits per heavy atom. The maximum Gasteiger partial charge on any atom is 0.221 e. The maximum absolute atomic E-state index is 10.6. The summed E-state index contributed by atoms with van der Waals surface area (Å²) < 4.78 is 5.55. The minimum Gasteiger partial charge on any atom is -0.379 e. The number of aromatic nitrogens is 1. The van der Waals surface area contributed by atoms with Crippen molar-refractivity contribution in [2.24, 2.45) is 0 Å². The molecule has 0 saturated carbocycles. The van der Waals surface area contributed by atoms with E-state index in [1.165, 1.54) is 6.92 Å². The molecule has 1 aromatic rings. The van der Waals surface area contributed by atoms with E-state index in [4.69, 9.17) is 17.0 Å². The molecule has 0 unspecified atom stereocenters. The largest absolute Gasteiger partial charge is 0.379 e. The number of H-pyrrole nitrogens is 1. The summed E-state index contributed by atoms with van der Waals surface area (Å²) in [7, 11) is 0. The van der Waals surface area contributed by atoms with E-state index in [0.29, 0.717) is 10.3 Å². The molecule has 17 heavy (non-hydrogen) atoms. The van der Waals surface area contributed by atoms with Gasteiger partial charge in [0, 0.05) is 26.2 Å². The Kier molecular flexibility index (Phi) is 6.46. The van der Waals surface area contributed by atoms with Crippen LogP contribution in [0.15, 0.2) is 18.3 Å². The molecule has 6 heteroatoms. The SMILES string of the molecule is C1COCCN1.CC(=O)Nc1ccc[nH]c1=S. The van der Waals surface area contributed by atoms with E-state index in [0.717, 1.165) is 26.3 Å². The molecule has 1 aliphatic heterocycles. The van der Waals surface area contributed by atoms with E-state index in [-0.39, 0.29) is 5.91 Å². The predicted octanol–water partition coefficient (Wildman–Crippen LogP) is 1.31. The molecule has 0 spiro atoms. The van der Waals surface area contributed by atoms with Crippen molar-refractivity contribution < 1.29 is 9.53 Å². The molecular weight excluding hydrogens is 238 g/mol. The summed E-state index contributed by atoms with van der Waals surface area (Å²) in [5.74, 6) is -0.115. The van der Waals surface area contributed by atoms with Gasteiger partial charge in [-0.05, 0) is 12.1 Å². The fourth-order valence-electron chi connectivity index (χ4n) is 1.23. The maximum atomic E-state index is 10.6. The van der Waals surface area contributed by atoms with Gasteiger partial charge in [-0.1, -0.05) is 12.2 Å². The van der Waals surface area contributed by atoms with Crippen molar-refractivity contribution in [2.45, 2.75) is 6.92 Å². The molecule has 1 saturated heterocycles. The first-order valence-corrected chi connectivity index (χ1v) is 5.84. The molecule has 3 N–H and O–H groups in total. The highest BCUT2D eigenvalue weighted by Gasteiger charge is 1.94. The first-order valence-electron chi connectivity index (χ1n) is 5.44. The third-order valence-electron chi connectivity index (χ3n) is 1.98. The summed E-state index contributed by atoms with van der Waals surface area (Å²) >= 11 is 4.90. The lowest BCUT2D eigenvalue weighted by Gasteiger charge is -2.10. The minimum atomic E-state index is -0.115. The lowest BCUT2D eigenvalue weighted by molar-refractivity contribution is -0.114. The molecule has 0 aromatic carbocycles. The van der Waals surface area contributed by atoms with Gasteiger partial charge in [0.25, 0.3) is 0 Å². The molecule has 0 radical (unpaired) electrons. The number of hydrogen-bond acceptors (Lipinski definition) is 4. The number of pyridine rings is 1. The molecule has 2 rings (SSSR count). The van der Waals surface area contributed by atoms with Gasteiger partial charge in [-0.3, -0.25) is 4.79 Å². The number of carbonyl (C=O) groups excluding carboxylic acids is 1. The number of amides is 1. The summed E-state index contributed by atoms with van der Waals surface area (Å²) in [4.78, 5) is 13.4. The summed E-state index contributed by atoms with van der Waals surface area (Å²) in [5.41, 5.74) is 0.648. The number of carbonyl (C=O) groups is 1. The number of hydrogen-bond donors (Lipinski definition) is 3. The smallest absolute Gasteiger partial charge is 0.221 e. The Balaban J connectivity index is 0.000000202. The van der Waals surface area contributed by atoms with Crippen molar-refractivity contribution >= 4 is 23.8 Å². The lowest BCUT2D eigenvalue weighted by atomic mass is 10.4. The number of anilines is 1. The average Bonchev–Trinajstić information content (AvgIpc) is 2.35. The monoisotopic (exact) mass is 255 g/mol. The number of rotatable bonds is 1. The number of nitrogens with one attached hydrogen (secondary N) is 3. The molecule has 94 valence electrons. The quantitative estimate of drug-likeness (QED) is 0.662. The van der Waals surface area contributed by atoms with Crippen LogP contribution in [0.3, 0.4) is 0 Å². The highest BCUT2D eigenvalue weighted by atomic mass is 32.1. The molecule has 1 amide bonds. The van der Waals surface area contributed by atoms with Crippen LogP contribution in [-0.4, -0.2) is 37.2 Å². The van der Waals surface area contributed by atoms with Crippen molar-refractivity contribution in [3.63, 3.8) is 0 Å². The van der Waals surface area contributed by atoms with Gasteiger partial charge >= 0.3 is 0 Å².